The summed E-state index contributed by atoms with van der Waals surface area (Å²) >= 11 is 1.75. The van der Waals surface area contributed by atoms with Crippen molar-refractivity contribution in [2.75, 3.05) is 44.2 Å². The average molecular weight is 302 g/mol. The van der Waals surface area contributed by atoms with Crippen LogP contribution in [0.1, 0.15) is 6.42 Å². The quantitative estimate of drug-likeness (QED) is 0.920. The normalized spacial score (nSPS) is 16.3. The molecule has 1 fully saturated rings. The summed E-state index contributed by atoms with van der Waals surface area (Å²) in [4.78, 5) is 9.69. The van der Waals surface area contributed by atoms with E-state index >= 15 is 0 Å². The second-order valence-electron chi connectivity index (χ2n) is 5.35. The largest absolute Gasteiger partial charge is 0.346 e. The van der Waals surface area contributed by atoms with Gasteiger partial charge < -0.3 is 10.6 Å². The van der Waals surface area contributed by atoms with Crippen LogP contribution in [-0.2, 0) is 0 Å². The lowest BCUT2D eigenvalue weighted by Crippen LogP contribution is -2.46. The van der Waals surface area contributed by atoms with E-state index in [1.54, 1.807) is 11.3 Å². The summed E-state index contributed by atoms with van der Waals surface area (Å²) in [6, 6.07) is 10.4. The Hall–Kier alpha value is -1.43. The van der Waals surface area contributed by atoms with Crippen LogP contribution in [0.4, 0.5) is 5.13 Å². The number of hydrogen-bond donors (Lipinski definition) is 1. The maximum atomic E-state index is 5.58. The number of aromatic nitrogens is 1. The van der Waals surface area contributed by atoms with E-state index in [2.05, 4.69) is 39.4 Å². The van der Waals surface area contributed by atoms with Gasteiger partial charge in [-0.3, -0.25) is 4.90 Å². The van der Waals surface area contributed by atoms with Gasteiger partial charge in [-0.25, -0.2) is 4.98 Å². The van der Waals surface area contributed by atoms with Gasteiger partial charge >= 0.3 is 0 Å². The summed E-state index contributed by atoms with van der Waals surface area (Å²) in [5.41, 5.74) is 7.86. The third kappa shape index (κ3) is 3.61. The molecule has 0 radical (unpaired) electrons. The molecule has 2 aromatic rings. The standard InChI is InChI=1S/C16H22N4S/c17-7-4-8-19-9-11-20(12-10-19)16-18-15(13-21-16)14-5-2-1-3-6-14/h1-3,5-6,13H,4,7-12,17H2. The van der Waals surface area contributed by atoms with Crippen LogP contribution in [0.15, 0.2) is 35.7 Å². The minimum absolute atomic E-state index is 0.785. The second-order valence-corrected chi connectivity index (χ2v) is 6.19. The van der Waals surface area contributed by atoms with E-state index in [-0.39, 0.29) is 0 Å². The SMILES string of the molecule is NCCCN1CCN(c2nc(-c3ccccc3)cs2)CC1. The Morgan fingerprint density at radius 2 is 1.86 bits per heavy atom. The van der Waals surface area contributed by atoms with E-state index in [1.807, 2.05) is 6.07 Å². The Bertz CT molecular complexity index is 546. The highest BCUT2D eigenvalue weighted by atomic mass is 32.1. The number of nitrogens with zero attached hydrogens (tertiary/aromatic N) is 3. The van der Waals surface area contributed by atoms with Gasteiger partial charge in [0.25, 0.3) is 0 Å². The molecule has 1 saturated heterocycles. The van der Waals surface area contributed by atoms with E-state index in [4.69, 9.17) is 10.7 Å². The molecule has 0 unspecified atom stereocenters. The molecule has 0 spiro atoms. The Morgan fingerprint density at radius 3 is 2.57 bits per heavy atom. The molecule has 0 saturated carbocycles. The van der Waals surface area contributed by atoms with Crippen molar-refractivity contribution in [2.45, 2.75) is 6.42 Å². The molecule has 1 aromatic heterocycles. The lowest BCUT2D eigenvalue weighted by molar-refractivity contribution is 0.256. The van der Waals surface area contributed by atoms with Gasteiger partial charge in [-0.05, 0) is 19.5 Å². The molecular weight excluding hydrogens is 280 g/mol. The number of benzene rings is 1. The molecule has 4 nitrogen and oxygen atoms in total. The Labute approximate surface area is 130 Å². The van der Waals surface area contributed by atoms with Gasteiger partial charge in [0.05, 0.1) is 5.69 Å². The minimum Gasteiger partial charge on any atom is -0.346 e. The fourth-order valence-corrected chi connectivity index (χ4v) is 3.52. The number of nitrogens with two attached hydrogens (primary N) is 1. The van der Waals surface area contributed by atoms with E-state index in [0.717, 1.165) is 56.5 Å². The molecule has 2 N–H and O–H groups in total. The van der Waals surface area contributed by atoms with Crippen molar-refractivity contribution in [3.05, 3.63) is 35.7 Å². The van der Waals surface area contributed by atoms with Crippen molar-refractivity contribution in [3.8, 4) is 11.3 Å². The molecule has 3 rings (SSSR count). The Kier molecular flexibility index (Phi) is 4.85. The van der Waals surface area contributed by atoms with Crippen LogP contribution in [0.25, 0.3) is 11.3 Å². The summed E-state index contributed by atoms with van der Waals surface area (Å²) in [7, 11) is 0. The molecule has 1 aliphatic rings. The smallest absolute Gasteiger partial charge is 0.185 e. The predicted molar refractivity (Wildman–Crippen MR) is 89.9 cm³/mol. The fraction of sp³-hybridized carbons (Fsp3) is 0.438. The number of thiazole rings is 1. The number of anilines is 1. The van der Waals surface area contributed by atoms with E-state index in [1.165, 1.54) is 5.56 Å². The molecular formula is C16H22N4S. The van der Waals surface area contributed by atoms with Crippen LogP contribution >= 0.6 is 11.3 Å². The lowest BCUT2D eigenvalue weighted by Gasteiger charge is -2.34. The Balaban J connectivity index is 1.60. The maximum absolute atomic E-state index is 5.58. The topological polar surface area (TPSA) is 45.4 Å². The summed E-state index contributed by atoms with van der Waals surface area (Å²) in [5.74, 6) is 0. The van der Waals surface area contributed by atoms with Gasteiger partial charge in [0, 0.05) is 37.1 Å². The van der Waals surface area contributed by atoms with E-state index in [9.17, 15) is 0 Å². The first-order valence-electron chi connectivity index (χ1n) is 7.55. The number of rotatable bonds is 5. The average Bonchev–Trinajstić information content (AvgIpc) is 3.04. The molecule has 0 bridgehead atoms. The first-order valence-corrected chi connectivity index (χ1v) is 8.43. The molecule has 2 heterocycles. The number of hydrogen-bond acceptors (Lipinski definition) is 5. The molecule has 112 valence electrons. The zero-order chi connectivity index (χ0) is 14.5. The van der Waals surface area contributed by atoms with Gasteiger partial charge in [-0.15, -0.1) is 11.3 Å². The summed E-state index contributed by atoms with van der Waals surface area (Å²) in [6.07, 6.45) is 1.09. The first kappa shape index (κ1) is 14.5. The first-order chi connectivity index (χ1) is 10.4. The summed E-state index contributed by atoms with van der Waals surface area (Å²) < 4.78 is 0. The molecule has 1 aliphatic heterocycles. The summed E-state index contributed by atoms with van der Waals surface area (Å²) in [6.45, 7) is 6.25. The van der Waals surface area contributed by atoms with Gasteiger partial charge in [0.2, 0.25) is 0 Å². The van der Waals surface area contributed by atoms with Crippen LogP contribution in [-0.4, -0.2) is 49.2 Å². The van der Waals surface area contributed by atoms with Crippen LogP contribution in [0, 0.1) is 0 Å². The van der Waals surface area contributed by atoms with Crippen LogP contribution in [0.3, 0.4) is 0 Å². The molecule has 0 amide bonds. The van der Waals surface area contributed by atoms with Gasteiger partial charge in [0.1, 0.15) is 0 Å². The van der Waals surface area contributed by atoms with E-state index < -0.39 is 0 Å². The molecule has 0 aliphatic carbocycles. The highest BCUT2D eigenvalue weighted by Gasteiger charge is 2.19. The Morgan fingerprint density at radius 1 is 1.10 bits per heavy atom. The lowest BCUT2D eigenvalue weighted by atomic mass is 10.2. The fourth-order valence-electron chi connectivity index (χ4n) is 2.63. The van der Waals surface area contributed by atoms with Crippen LogP contribution < -0.4 is 10.6 Å². The van der Waals surface area contributed by atoms with E-state index in [0.29, 0.717) is 0 Å². The number of piperazine rings is 1. The van der Waals surface area contributed by atoms with Crippen molar-refractivity contribution >= 4 is 16.5 Å². The maximum Gasteiger partial charge on any atom is 0.185 e. The van der Waals surface area contributed by atoms with Gasteiger partial charge in [0.15, 0.2) is 5.13 Å². The van der Waals surface area contributed by atoms with Crippen molar-refractivity contribution < 1.29 is 0 Å². The van der Waals surface area contributed by atoms with Crippen molar-refractivity contribution in [1.29, 1.82) is 0 Å². The highest BCUT2D eigenvalue weighted by molar-refractivity contribution is 7.14. The zero-order valence-electron chi connectivity index (χ0n) is 12.2. The van der Waals surface area contributed by atoms with Gasteiger partial charge in [-0.2, -0.15) is 0 Å². The summed E-state index contributed by atoms with van der Waals surface area (Å²) in [5, 5.41) is 3.30. The highest BCUT2D eigenvalue weighted by Crippen LogP contribution is 2.27. The van der Waals surface area contributed by atoms with Gasteiger partial charge in [-0.1, -0.05) is 30.3 Å². The predicted octanol–water partition coefficient (Wildman–Crippen LogP) is 2.28. The second kappa shape index (κ2) is 7.02. The van der Waals surface area contributed by atoms with Crippen molar-refractivity contribution in [1.82, 2.24) is 9.88 Å². The molecule has 21 heavy (non-hydrogen) atoms. The zero-order valence-corrected chi connectivity index (χ0v) is 13.1. The van der Waals surface area contributed by atoms with Crippen molar-refractivity contribution in [2.24, 2.45) is 5.73 Å². The molecule has 5 heteroatoms. The third-order valence-electron chi connectivity index (χ3n) is 3.88. The van der Waals surface area contributed by atoms with Crippen LogP contribution in [0.5, 0.6) is 0 Å². The third-order valence-corrected chi connectivity index (χ3v) is 4.78. The van der Waals surface area contributed by atoms with Crippen LogP contribution in [0.2, 0.25) is 0 Å². The van der Waals surface area contributed by atoms with Crippen molar-refractivity contribution in [3.63, 3.8) is 0 Å². The molecule has 1 aromatic carbocycles. The monoisotopic (exact) mass is 302 g/mol. The minimum atomic E-state index is 0.785. The molecule has 0 atom stereocenters.